The van der Waals surface area contributed by atoms with Gasteiger partial charge in [0.05, 0.1) is 5.69 Å². The normalized spacial score (nSPS) is 20.0. The van der Waals surface area contributed by atoms with Gasteiger partial charge in [-0.2, -0.15) is 5.10 Å². The molecule has 2 aromatic rings. The van der Waals surface area contributed by atoms with Crippen LogP contribution in [0.5, 0.6) is 0 Å². The molecule has 2 aromatic heterocycles. The summed E-state index contributed by atoms with van der Waals surface area (Å²) in [4.78, 5) is 6.99. The topological polar surface area (TPSA) is 58.0 Å². The molecule has 0 unspecified atom stereocenters. The Morgan fingerprint density at radius 3 is 2.96 bits per heavy atom. The Labute approximate surface area is 143 Å². The molecule has 2 aliphatic rings. The van der Waals surface area contributed by atoms with E-state index in [1.807, 2.05) is 13.1 Å². The van der Waals surface area contributed by atoms with Crippen LogP contribution in [0.1, 0.15) is 24.1 Å². The zero-order chi connectivity index (χ0) is 16.4. The van der Waals surface area contributed by atoms with Gasteiger partial charge in [0.25, 0.3) is 0 Å². The highest BCUT2D eigenvalue weighted by molar-refractivity contribution is 5.40. The number of rotatable bonds is 5. The summed E-state index contributed by atoms with van der Waals surface area (Å²) in [6.45, 7) is 8.18. The summed E-state index contributed by atoms with van der Waals surface area (Å²) in [6, 6.07) is 6.46. The molecule has 0 bridgehead atoms. The fraction of sp³-hybridized carbons (Fsp3) is 0.556. The van der Waals surface area contributed by atoms with Crippen molar-refractivity contribution in [2.75, 3.05) is 36.4 Å². The molecule has 2 N–H and O–H groups in total. The quantitative estimate of drug-likeness (QED) is 0.880. The van der Waals surface area contributed by atoms with Gasteiger partial charge in [-0.3, -0.25) is 0 Å². The number of anilines is 2. The molecule has 4 rings (SSSR count). The van der Waals surface area contributed by atoms with Crippen LogP contribution < -0.4 is 15.5 Å². The van der Waals surface area contributed by atoms with Gasteiger partial charge in [-0.15, -0.1) is 0 Å². The van der Waals surface area contributed by atoms with Crippen LogP contribution in [0, 0.1) is 12.8 Å². The van der Waals surface area contributed by atoms with Crippen LogP contribution in [0.3, 0.4) is 0 Å². The molecule has 0 spiro atoms. The summed E-state index contributed by atoms with van der Waals surface area (Å²) >= 11 is 0. The second kappa shape index (κ2) is 6.81. The number of fused-ring (bicyclic) bond motifs is 1. The van der Waals surface area contributed by atoms with Crippen LogP contribution in [0.2, 0.25) is 0 Å². The van der Waals surface area contributed by atoms with Crippen molar-refractivity contribution < 1.29 is 0 Å². The molecule has 128 valence electrons. The zero-order valence-corrected chi connectivity index (χ0v) is 14.3. The minimum Gasteiger partial charge on any atom is -0.370 e. The zero-order valence-electron chi connectivity index (χ0n) is 14.3. The fourth-order valence-corrected chi connectivity index (χ4v) is 3.60. The average Bonchev–Trinajstić information content (AvgIpc) is 3.24. The van der Waals surface area contributed by atoms with Crippen LogP contribution >= 0.6 is 0 Å². The summed E-state index contributed by atoms with van der Waals surface area (Å²) in [5.74, 6) is 2.83. The molecule has 4 heterocycles. The van der Waals surface area contributed by atoms with Crippen molar-refractivity contribution in [2.45, 2.75) is 32.9 Å². The Kier molecular flexibility index (Phi) is 4.38. The first kappa shape index (κ1) is 15.4. The lowest BCUT2D eigenvalue weighted by Gasteiger charge is -2.25. The lowest BCUT2D eigenvalue weighted by Crippen LogP contribution is -2.35. The predicted octanol–water partition coefficient (Wildman–Crippen LogP) is 2.02. The van der Waals surface area contributed by atoms with Crippen LogP contribution in [0.15, 0.2) is 24.4 Å². The third-order valence-corrected chi connectivity index (χ3v) is 4.91. The largest absolute Gasteiger partial charge is 0.370 e. The van der Waals surface area contributed by atoms with E-state index in [0.29, 0.717) is 5.92 Å². The molecular formula is C18H26N6. The van der Waals surface area contributed by atoms with Crippen LogP contribution in [-0.4, -0.2) is 40.9 Å². The first-order chi connectivity index (χ1) is 11.8. The summed E-state index contributed by atoms with van der Waals surface area (Å²) in [5, 5.41) is 11.6. The minimum absolute atomic E-state index is 0.564. The number of hydrogen-bond donors (Lipinski definition) is 2. The number of nitrogens with zero attached hydrogens (tertiary/aromatic N) is 4. The Balaban J connectivity index is 1.25. The number of pyridine rings is 1. The lowest BCUT2D eigenvalue weighted by molar-refractivity contribution is 0.390. The maximum atomic E-state index is 4.62. The van der Waals surface area contributed by atoms with Gasteiger partial charge < -0.3 is 15.5 Å². The van der Waals surface area contributed by atoms with Gasteiger partial charge in [0.2, 0.25) is 0 Å². The van der Waals surface area contributed by atoms with Crippen molar-refractivity contribution in [3.05, 3.63) is 35.7 Å². The molecule has 0 amide bonds. The summed E-state index contributed by atoms with van der Waals surface area (Å²) < 4.78 is 2.08. The van der Waals surface area contributed by atoms with Crippen LogP contribution in [0.25, 0.3) is 0 Å². The van der Waals surface area contributed by atoms with E-state index >= 15 is 0 Å². The molecule has 1 fully saturated rings. The number of nitrogens with one attached hydrogen (secondary N) is 2. The lowest BCUT2D eigenvalue weighted by atomic mass is 10.1. The van der Waals surface area contributed by atoms with Crippen molar-refractivity contribution in [1.82, 2.24) is 20.1 Å². The summed E-state index contributed by atoms with van der Waals surface area (Å²) in [5.41, 5.74) is 2.33. The van der Waals surface area contributed by atoms with Crippen molar-refractivity contribution in [2.24, 2.45) is 5.92 Å². The average molecular weight is 326 g/mol. The van der Waals surface area contributed by atoms with Gasteiger partial charge in [-0.05, 0) is 31.4 Å². The predicted molar refractivity (Wildman–Crippen MR) is 96.3 cm³/mol. The van der Waals surface area contributed by atoms with Gasteiger partial charge in [-0.25, -0.2) is 9.67 Å². The Bertz CT molecular complexity index is 671. The molecule has 2 aliphatic heterocycles. The highest BCUT2D eigenvalue weighted by Crippen LogP contribution is 2.19. The van der Waals surface area contributed by atoms with Gasteiger partial charge in [-0.1, -0.05) is 6.07 Å². The van der Waals surface area contributed by atoms with Gasteiger partial charge in [0.1, 0.15) is 11.6 Å². The van der Waals surface area contributed by atoms with E-state index in [0.717, 1.165) is 56.6 Å². The first-order valence-electron chi connectivity index (χ1n) is 8.97. The monoisotopic (exact) mass is 326 g/mol. The summed E-state index contributed by atoms with van der Waals surface area (Å²) in [7, 11) is 0. The van der Waals surface area contributed by atoms with Crippen LogP contribution in [-0.2, 0) is 13.1 Å². The van der Waals surface area contributed by atoms with E-state index in [2.05, 4.69) is 48.5 Å². The Morgan fingerprint density at radius 2 is 2.17 bits per heavy atom. The maximum absolute atomic E-state index is 4.62. The highest BCUT2D eigenvalue weighted by atomic mass is 15.3. The first-order valence-corrected chi connectivity index (χ1v) is 8.97. The van der Waals surface area contributed by atoms with E-state index in [9.17, 15) is 0 Å². The SMILES string of the molecule is Cc1cc2n(n1)C[C@@H](CNCc1ccc(N3CCCC3)nc1)CN2. The summed E-state index contributed by atoms with van der Waals surface area (Å²) in [6.07, 6.45) is 4.59. The van der Waals surface area contributed by atoms with Gasteiger partial charge in [0, 0.05) is 57.4 Å². The number of aryl methyl sites for hydroxylation is 1. The van der Waals surface area contributed by atoms with Crippen molar-refractivity contribution in [1.29, 1.82) is 0 Å². The third kappa shape index (κ3) is 3.38. The number of hydrogen-bond acceptors (Lipinski definition) is 5. The van der Waals surface area contributed by atoms with E-state index < -0.39 is 0 Å². The van der Waals surface area contributed by atoms with Gasteiger partial charge in [0.15, 0.2) is 0 Å². The maximum Gasteiger partial charge on any atom is 0.128 e. The van der Waals surface area contributed by atoms with E-state index in [-0.39, 0.29) is 0 Å². The van der Waals surface area contributed by atoms with Gasteiger partial charge >= 0.3 is 0 Å². The number of aromatic nitrogens is 3. The molecule has 24 heavy (non-hydrogen) atoms. The van der Waals surface area contributed by atoms with Crippen molar-refractivity contribution in [3.63, 3.8) is 0 Å². The molecule has 6 nitrogen and oxygen atoms in total. The van der Waals surface area contributed by atoms with E-state index in [1.165, 1.54) is 18.4 Å². The molecule has 0 radical (unpaired) electrons. The Morgan fingerprint density at radius 1 is 1.29 bits per heavy atom. The van der Waals surface area contributed by atoms with E-state index in [1.54, 1.807) is 0 Å². The van der Waals surface area contributed by atoms with Crippen LogP contribution in [0.4, 0.5) is 11.6 Å². The second-order valence-electron chi connectivity index (χ2n) is 6.95. The molecule has 6 heteroatoms. The molecule has 0 aliphatic carbocycles. The molecular weight excluding hydrogens is 300 g/mol. The van der Waals surface area contributed by atoms with E-state index in [4.69, 9.17) is 0 Å². The fourth-order valence-electron chi connectivity index (χ4n) is 3.60. The van der Waals surface area contributed by atoms with Crippen molar-refractivity contribution in [3.8, 4) is 0 Å². The standard InChI is InChI=1S/C18H26N6/c1-14-8-18-21-12-16(13-24(18)22-14)10-19-9-15-4-5-17(20-11-15)23-6-2-3-7-23/h4-5,8,11,16,19,21H,2-3,6-7,9-10,12-13H2,1H3/t16-/m0/s1. The molecule has 1 atom stereocenters. The Hall–Kier alpha value is -2.08. The molecule has 0 saturated carbocycles. The smallest absolute Gasteiger partial charge is 0.128 e. The minimum atomic E-state index is 0.564. The van der Waals surface area contributed by atoms with Crippen molar-refractivity contribution >= 4 is 11.6 Å². The molecule has 1 saturated heterocycles. The highest BCUT2D eigenvalue weighted by Gasteiger charge is 2.18. The second-order valence-corrected chi connectivity index (χ2v) is 6.95. The molecule has 0 aromatic carbocycles. The third-order valence-electron chi connectivity index (χ3n) is 4.91.